The van der Waals surface area contributed by atoms with Gasteiger partial charge in [0.15, 0.2) is 6.17 Å². The van der Waals surface area contributed by atoms with Crippen LogP contribution in [0, 0.1) is 0 Å². The quantitative estimate of drug-likeness (QED) is 0.185. The summed E-state index contributed by atoms with van der Waals surface area (Å²) < 4.78 is 2.48. The largest absolute Gasteiger partial charge is 0.324 e. The number of fused-ring (bicyclic) bond motifs is 10. The molecule has 2 aliphatic rings. The fraction of sp³-hybridized carbons (Fsp3) is 0.0816. The maximum atomic E-state index is 5.43. The standard InChI is InChI=1S/C49H34N4S/c1-49(2)38-21-11-9-18-32(38)37-28-31(24-27-39(37)49)47-51-46(30-16-7-4-8-17-30)52-48(53-47)36-20-13-23-41-42(36)35-26-25-34-43(45(35)54-41)33-19-10-12-22-40(33)50-44(34)29-14-5-3-6-15-29/h3-28,48H,1-2H3,(H,51,52,53). The molecule has 1 atom stereocenters. The van der Waals surface area contributed by atoms with Gasteiger partial charge in [0, 0.05) is 64.0 Å². The summed E-state index contributed by atoms with van der Waals surface area (Å²) in [7, 11) is 0. The Morgan fingerprint density at radius 3 is 2.06 bits per heavy atom. The SMILES string of the molecule is CC1(C)c2ccccc2-c2cc(C3=NC(c4cccc5sc6c(ccc7c(-c8ccccc8)nc8ccccc8c76)c45)N=C(c4ccccc4)N3)ccc21. The highest BCUT2D eigenvalue weighted by Gasteiger charge is 2.35. The smallest absolute Gasteiger partial charge is 0.170 e. The Balaban J connectivity index is 1.13. The number of nitrogens with zero attached hydrogens (tertiary/aromatic N) is 3. The molecule has 0 fully saturated rings. The number of amidine groups is 2. The molecule has 0 bridgehead atoms. The summed E-state index contributed by atoms with van der Waals surface area (Å²) in [5.41, 5.74) is 11.5. The van der Waals surface area contributed by atoms with Crippen molar-refractivity contribution in [3.63, 3.8) is 0 Å². The van der Waals surface area contributed by atoms with Crippen LogP contribution in [0.5, 0.6) is 0 Å². The molecule has 9 aromatic rings. The van der Waals surface area contributed by atoms with Crippen molar-refractivity contribution in [2.75, 3.05) is 0 Å². The van der Waals surface area contributed by atoms with Crippen molar-refractivity contribution < 1.29 is 0 Å². The Morgan fingerprint density at radius 2 is 1.22 bits per heavy atom. The van der Waals surface area contributed by atoms with Gasteiger partial charge in [-0.1, -0.05) is 153 Å². The lowest BCUT2D eigenvalue weighted by atomic mass is 9.82. The highest BCUT2D eigenvalue weighted by Crippen LogP contribution is 2.49. The second kappa shape index (κ2) is 11.8. The number of hydrogen-bond acceptors (Lipinski definition) is 5. The number of thiophene rings is 1. The maximum absolute atomic E-state index is 5.43. The molecule has 4 nitrogen and oxygen atoms in total. The number of para-hydroxylation sites is 1. The van der Waals surface area contributed by atoms with E-state index < -0.39 is 6.17 Å². The molecule has 0 saturated heterocycles. The highest BCUT2D eigenvalue weighted by atomic mass is 32.1. The summed E-state index contributed by atoms with van der Waals surface area (Å²) in [6.45, 7) is 4.64. The van der Waals surface area contributed by atoms with E-state index in [4.69, 9.17) is 15.0 Å². The second-order valence-electron chi connectivity index (χ2n) is 14.8. The first-order valence-corrected chi connectivity index (χ1v) is 19.3. The Labute approximate surface area is 317 Å². The van der Waals surface area contributed by atoms with Crippen LogP contribution in [0.15, 0.2) is 168 Å². The van der Waals surface area contributed by atoms with Crippen LogP contribution >= 0.6 is 11.3 Å². The van der Waals surface area contributed by atoms with Crippen LogP contribution in [0.3, 0.4) is 0 Å². The predicted octanol–water partition coefficient (Wildman–Crippen LogP) is 12.2. The van der Waals surface area contributed by atoms with Crippen molar-refractivity contribution in [2.45, 2.75) is 25.4 Å². The van der Waals surface area contributed by atoms with Gasteiger partial charge in [0.2, 0.25) is 0 Å². The molecule has 1 aliphatic heterocycles. The van der Waals surface area contributed by atoms with Crippen molar-refractivity contribution in [2.24, 2.45) is 9.98 Å². The molecule has 256 valence electrons. The lowest BCUT2D eigenvalue weighted by Gasteiger charge is -2.24. The fourth-order valence-corrected chi connectivity index (χ4v) is 10.0. The minimum Gasteiger partial charge on any atom is -0.324 e. The minimum atomic E-state index is -0.445. The van der Waals surface area contributed by atoms with Gasteiger partial charge in [-0.25, -0.2) is 15.0 Å². The first-order valence-electron chi connectivity index (χ1n) is 18.5. The zero-order valence-electron chi connectivity index (χ0n) is 29.8. The average molecular weight is 711 g/mol. The number of nitrogens with one attached hydrogen (secondary N) is 1. The van der Waals surface area contributed by atoms with Crippen LogP contribution in [0.1, 0.15) is 47.8 Å². The van der Waals surface area contributed by atoms with Crippen LogP contribution in [-0.4, -0.2) is 16.7 Å². The Morgan fingerprint density at radius 1 is 0.537 bits per heavy atom. The van der Waals surface area contributed by atoms with Gasteiger partial charge in [0.25, 0.3) is 0 Å². The van der Waals surface area contributed by atoms with E-state index in [0.29, 0.717) is 0 Å². The van der Waals surface area contributed by atoms with E-state index >= 15 is 0 Å². The number of pyridine rings is 1. The molecule has 2 aromatic heterocycles. The third-order valence-corrected chi connectivity index (χ3v) is 12.5. The van der Waals surface area contributed by atoms with Gasteiger partial charge in [-0.3, -0.25) is 0 Å². The second-order valence-corrected chi connectivity index (χ2v) is 15.8. The van der Waals surface area contributed by atoms with Gasteiger partial charge in [-0.05, 0) is 40.5 Å². The average Bonchev–Trinajstić information content (AvgIpc) is 3.73. The molecule has 0 amide bonds. The first kappa shape index (κ1) is 31.1. The van der Waals surface area contributed by atoms with Crippen LogP contribution in [0.2, 0.25) is 0 Å². The van der Waals surface area contributed by atoms with Gasteiger partial charge in [-0.15, -0.1) is 11.3 Å². The van der Waals surface area contributed by atoms with Crippen molar-refractivity contribution in [3.05, 3.63) is 186 Å². The summed E-state index contributed by atoms with van der Waals surface area (Å²) in [6.07, 6.45) is -0.445. The monoisotopic (exact) mass is 710 g/mol. The third kappa shape index (κ3) is 4.65. The van der Waals surface area contributed by atoms with E-state index in [1.165, 1.54) is 53.2 Å². The zero-order chi connectivity index (χ0) is 36.0. The Bertz CT molecular complexity index is 3050. The van der Waals surface area contributed by atoms with Gasteiger partial charge < -0.3 is 5.32 Å². The highest BCUT2D eigenvalue weighted by molar-refractivity contribution is 7.26. The van der Waals surface area contributed by atoms with E-state index in [1.807, 2.05) is 17.4 Å². The van der Waals surface area contributed by atoms with E-state index in [2.05, 4.69) is 171 Å². The molecule has 54 heavy (non-hydrogen) atoms. The normalized spacial score (nSPS) is 15.9. The molecule has 1 aliphatic carbocycles. The fourth-order valence-electron chi connectivity index (χ4n) is 8.72. The maximum Gasteiger partial charge on any atom is 0.170 e. The number of aromatic nitrogens is 1. The van der Waals surface area contributed by atoms with Crippen LogP contribution < -0.4 is 5.32 Å². The molecule has 3 heterocycles. The Hall–Kier alpha value is -6.43. The molecule has 1 unspecified atom stereocenters. The lowest BCUT2D eigenvalue weighted by molar-refractivity contribution is 0.660. The van der Waals surface area contributed by atoms with E-state index in [-0.39, 0.29) is 5.41 Å². The number of aliphatic imine (C=N–C) groups is 2. The topological polar surface area (TPSA) is 49.6 Å². The molecule has 0 saturated carbocycles. The number of rotatable bonds is 4. The number of benzene rings is 7. The molecular formula is C49H34N4S. The summed E-state index contributed by atoms with van der Waals surface area (Å²) in [6, 6.07) is 56.3. The van der Waals surface area contributed by atoms with Crippen LogP contribution in [-0.2, 0) is 5.41 Å². The lowest BCUT2D eigenvalue weighted by Crippen LogP contribution is -2.36. The first-order chi connectivity index (χ1) is 26.5. The van der Waals surface area contributed by atoms with Crippen molar-refractivity contribution in [1.82, 2.24) is 10.3 Å². The molecule has 0 spiro atoms. The van der Waals surface area contributed by atoms with E-state index in [0.717, 1.165) is 50.5 Å². The molecule has 1 N–H and O–H groups in total. The van der Waals surface area contributed by atoms with Gasteiger partial charge in [0.1, 0.15) is 11.7 Å². The third-order valence-electron chi connectivity index (χ3n) is 11.3. The zero-order valence-corrected chi connectivity index (χ0v) is 30.7. The van der Waals surface area contributed by atoms with Gasteiger partial charge >= 0.3 is 0 Å². The predicted molar refractivity (Wildman–Crippen MR) is 227 cm³/mol. The van der Waals surface area contributed by atoms with Crippen LogP contribution in [0.25, 0.3) is 64.2 Å². The minimum absolute atomic E-state index is 0.0610. The molecule has 5 heteroatoms. The molecule has 11 rings (SSSR count). The van der Waals surface area contributed by atoms with E-state index in [1.54, 1.807) is 0 Å². The van der Waals surface area contributed by atoms with Crippen molar-refractivity contribution >= 4 is 64.9 Å². The number of hydrogen-bond donors (Lipinski definition) is 1. The van der Waals surface area contributed by atoms with Crippen LogP contribution in [0.4, 0.5) is 0 Å². The molecule has 7 aromatic carbocycles. The summed E-state index contributed by atoms with van der Waals surface area (Å²) in [5.74, 6) is 1.64. The Kier molecular flexibility index (Phi) is 6.80. The van der Waals surface area contributed by atoms with Gasteiger partial charge in [-0.2, -0.15) is 0 Å². The van der Waals surface area contributed by atoms with E-state index in [9.17, 15) is 0 Å². The summed E-state index contributed by atoms with van der Waals surface area (Å²) in [4.78, 5) is 16.0. The molecular weight excluding hydrogens is 677 g/mol. The summed E-state index contributed by atoms with van der Waals surface area (Å²) >= 11 is 1.85. The molecule has 0 radical (unpaired) electrons. The summed E-state index contributed by atoms with van der Waals surface area (Å²) in [5, 5.41) is 9.66. The van der Waals surface area contributed by atoms with Crippen molar-refractivity contribution in [3.8, 4) is 22.4 Å². The van der Waals surface area contributed by atoms with Crippen molar-refractivity contribution in [1.29, 1.82) is 0 Å². The van der Waals surface area contributed by atoms with Gasteiger partial charge in [0.05, 0.1) is 11.2 Å².